The highest BCUT2D eigenvalue weighted by atomic mass is 35.5. The summed E-state index contributed by atoms with van der Waals surface area (Å²) in [5.74, 6) is -1.34. The molecule has 0 radical (unpaired) electrons. The molecular formula is C24H26ClN3O5S. The number of amides is 3. The maximum Gasteiger partial charge on any atom is 0.335 e. The van der Waals surface area contributed by atoms with Crippen LogP contribution in [0, 0.1) is 5.92 Å². The van der Waals surface area contributed by atoms with Gasteiger partial charge in [0.05, 0.1) is 36.2 Å². The molecule has 180 valence electrons. The number of hydrogen-bond donors (Lipinski definition) is 3. The Morgan fingerprint density at radius 3 is 2.62 bits per heavy atom. The summed E-state index contributed by atoms with van der Waals surface area (Å²) in [4.78, 5) is 39.2. The average Bonchev–Trinajstić information content (AvgIpc) is 2.96. The van der Waals surface area contributed by atoms with Crippen molar-refractivity contribution in [2.45, 2.75) is 25.8 Å². The zero-order chi connectivity index (χ0) is 24.8. The average molecular weight is 504 g/mol. The minimum absolute atomic E-state index is 0.0302. The van der Waals surface area contributed by atoms with Crippen LogP contribution in [0.15, 0.2) is 42.5 Å². The Balaban J connectivity index is 1.79. The molecule has 0 aliphatic carbocycles. The van der Waals surface area contributed by atoms with Crippen LogP contribution in [0.3, 0.4) is 0 Å². The van der Waals surface area contributed by atoms with Crippen molar-refractivity contribution in [2.75, 3.05) is 20.2 Å². The molecule has 10 heteroatoms. The summed E-state index contributed by atoms with van der Waals surface area (Å²) in [6, 6.07) is 10.5. The van der Waals surface area contributed by atoms with Crippen LogP contribution in [-0.2, 0) is 11.2 Å². The fourth-order valence-electron chi connectivity index (χ4n) is 3.83. The molecule has 0 spiro atoms. The molecule has 8 nitrogen and oxygen atoms in total. The van der Waals surface area contributed by atoms with Gasteiger partial charge in [0.15, 0.2) is 0 Å². The van der Waals surface area contributed by atoms with E-state index < -0.39 is 24.0 Å². The highest BCUT2D eigenvalue weighted by Gasteiger charge is 2.34. The number of imide groups is 1. The number of benzene rings is 2. The van der Waals surface area contributed by atoms with Crippen LogP contribution in [0.2, 0.25) is 5.02 Å². The van der Waals surface area contributed by atoms with Gasteiger partial charge in [-0.25, -0.2) is 9.59 Å². The van der Waals surface area contributed by atoms with Gasteiger partial charge < -0.3 is 20.5 Å². The number of methoxy groups -OCH3 is 1. The number of thiocarbonyl (C=S) groups is 1. The first-order chi connectivity index (χ1) is 16.2. The molecule has 1 aliphatic heterocycles. The van der Waals surface area contributed by atoms with Gasteiger partial charge in [-0.2, -0.15) is 0 Å². The summed E-state index contributed by atoms with van der Waals surface area (Å²) in [5.41, 5.74) is 1.65. The Bertz CT molecular complexity index is 1090. The number of carbonyl (C=O) groups is 3. The molecule has 2 aromatic rings. The summed E-state index contributed by atoms with van der Waals surface area (Å²) >= 11 is 11.5. The lowest BCUT2D eigenvalue weighted by molar-refractivity contribution is -0.131. The first-order valence-electron chi connectivity index (χ1n) is 10.8. The third-order valence-electron chi connectivity index (χ3n) is 5.68. The van der Waals surface area contributed by atoms with Gasteiger partial charge in [-0.15, -0.1) is 0 Å². The first kappa shape index (κ1) is 25.5. The maximum atomic E-state index is 13.4. The van der Waals surface area contributed by atoms with E-state index >= 15 is 0 Å². The van der Waals surface area contributed by atoms with E-state index in [4.69, 9.17) is 33.7 Å². The predicted octanol–water partition coefficient (Wildman–Crippen LogP) is 3.83. The van der Waals surface area contributed by atoms with E-state index in [2.05, 4.69) is 10.6 Å². The van der Waals surface area contributed by atoms with Crippen molar-refractivity contribution in [2.24, 2.45) is 5.92 Å². The fraction of sp³-hybridized carbons (Fsp3) is 0.333. The van der Waals surface area contributed by atoms with Crippen molar-refractivity contribution >= 4 is 46.7 Å². The van der Waals surface area contributed by atoms with Gasteiger partial charge in [-0.05, 0) is 54.3 Å². The Labute approximate surface area is 208 Å². The van der Waals surface area contributed by atoms with Crippen molar-refractivity contribution in [3.63, 3.8) is 0 Å². The van der Waals surface area contributed by atoms with Crippen LogP contribution in [0.25, 0.3) is 0 Å². The number of aromatic carboxylic acids is 1. The Morgan fingerprint density at radius 1 is 1.29 bits per heavy atom. The van der Waals surface area contributed by atoms with Crippen molar-refractivity contribution in [3.05, 3.63) is 64.2 Å². The number of halogens is 1. The van der Waals surface area contributed by atoms with Crippen molar-refractivity contribution in [3.8, 4) is 5.75 Å². The number of nitrogens with zero attached hydrogens (tertiary/aromatic N) is 1. The second kappa shape index (κ2) is 11.3. The molecule has 0 aromatic heterocycles. The monoisotopic (exact) mass is 503 g/mol. The molecule has 0 bridgehead atoms. The summed E-state index contributed by atoms with van der Waals surface area (Å²) in [7, 11) is 1.54. The maximum absolute atomic E-state index is 13.4. The summed E-state index contributed by atoms with van der Waals surface area (Å²) < 4.78 is 5.40. The molecule has 3 amide bonds. The number of carboxylic acid groups (broad SMARTS) is 1. The number of carboxylic acids is 1. The lowest BCUT2D eigenvalue weighted by atomic mass is 9.97. The molecule has 0 saturated carbocycles. The van der Waals surface area contributed by atoms with E-state index in [0.717, 1.165) is 16.0 Å². The van der Waals surface area contributed by atoms with Crippen molar-refractivity contribution in [1.29, 1.82) is 0 Å². The highest BCUT2D eigenvalue weighted by molar-refractivity contribution is 7.80. The summed E-state index contributed by atoms with van der Waals surface area (Å²) in [5, 5.41) is 15.6. The van der Waals surface area contributed by atoms with Crippen molar-refractivity contribution < 1.29 is 24.2 Å². The van der Waals surface area contributed by atoms with Crippen LogP contribution in [0.4, 0.5) is 4.79 Å². The van der Waals surface area contributed by atoms with Gasteiger partial charge in [0.2, 0.25) is 5.91 Å². The minimum Gasteiger partial charge on any atom is -0.496 e. The van der Waals surface area contributed by atoms with Gasteiger partial charge >= 0.3 is 12.0 Å². The third-order valence-corrected chi connectivity index (χ3v) is 6.19. The second-order valence-electron chi connectivity index (χ2n) is 7.92. The first-order valence-corrected chi connectivity index (χ1v) is 11.6. The predicted molar refractivity (Wildman–Crippen MR) is 132 cm³/mol. The van der Waals surface area contributed by atoms with Crippen LogP contribution in [0.5, 0.6) is 5.75 Å². The van der Waals surface area contributed by atoms with E-state index in [9.17, 15) is 14.4 Å². The summed E-state index contributed by atoms with van der Waals surface area (Å²) in [6.45, 7) is 2.14. The van der Waals surface area contributed by atoms with E-state index in [0.29, 0.717) is 28.6 Å². The van der Waals surface area contributed by atoms with Crippen LogP contribution in [-0.4, -0.2) is 53.1 Å². The molecule has 2 atom stereocenters. The second-order valence-corrected chi connectivity index (χ2v) is 8.85. The standard InChI is InChI=1S/C24H26ClN3O5S/c1-3-19(14-4-6-15(7-5-14)23(30)31)27-24(32)28-13-21(34)26-12-17(22(28)29)10-16-11-18(25)8-9-20(16)33-2/h4-9,11,17,19H,3,10,12-13H2,1-2H3,(H,26,34)(H,27,32)(H,30,31)/t17-,19+/m0/s1. The normalized spacial score (nSPS) is 16.9. The zero-order valence-corrected chi connectivity index (χ0v) is 20.4. The lowest BCUT2D eigenvalue weighted by Gasteiger charge is -2.26. The van der Waals surface area contributed by atoms with E-state index in [1.807, 2.05) is 6.92 Å². The SMILES string of the molecule is CC[C@@H](NC(=O)N1CC(=S)NC[C@H](Cc2cc(Cl)ccc2OC)C1=O)c1ccc(C(=O)O)cc1. The molecule has 0 unspecified atom stereocenters. The Hall–Kier alpha value is -3.17. The zero-order valence-electron chi connectivity index (χ0n) is 18.8. The summed E-state index contributed by atoms with van der Waals surface area (Å²) in [6.07, 6.45) is 0.863. The van der Waals surface area contributed by atoms with Gasteiger partial charge in [0, 0.05) is 11.6 Å². The number of nitrogens with one attached hydrogen (secondary N) is 2. The fourth-order valence-corrected chi connectivity index (χ4v) is 4.24. The Morgan fingerprint density at radius 2 is 2.00 bits per heavy atom. The van der Waals surface area contributed by atoms with Gasteiger partial charge in [0.25, 0.3) is 0 Å². The molecule has 2 aromatic carbocycles. The molecule has 3 rings (SSSR count). The van der Waals surface area contributed by atoms with E-state index in [-0.39, 0.29) is 24.6 Å². The Kier molecular flexibility index (Phi) is 8.46. The number of hydrogen-bond acceptors (Lipinski definition) is 5. The van der Waals surface area contributed by atoms with Crippen molar-refractivity contribution in [1.82, 2.24) is 15.5 Å². The van der Waals surface area contributed by atoms with E-state index in [1.165, 1.54) is 12.1 Å². The molecule has 1 fully saturated rings. The largest absolute Gasteiger partial charge is 0.496 e. The molecule has 34 heavy (non-hydrogen) atoms. The van der Waals surface area contributed by atoms with Crippen LogP contribution in [0.1, 0.15) is 40.9 Å². The smallest absolute Gasteiger partial charge is 0.335 e. The molecule has 3 N–H and O–H groups in total. The molecular weight excluding hydrogens is 478 g/mol. The van der Waals surface area contributed by atoms with Crippen LogP contribution >= 0.6 is 23.8 Å². The molecule has 1 saturated heterocycles. The van der Waals surface area contributed by atoms with Gasteiger partial charge in [-0.1, -0.05) is 42.9 Å². The number of rotatable bonds is 7. The van der Waals surface area contributed by atoms with E-state index in [1.54, 1.807) is 37.4 Å². The highest BCUT2D eigenvalue weighted by Crippen LogP contribution is 2.26. The number of urea groups is 1. The molecule has 1 aliphatic rings. The lowest BCUT2D eigenvalue weighted by Crippen LogP contribution is -2.48. The van der Waals surface area contributed by atoms with Gasteiger partial charge in [0.1, 0.15) is 5.75 Å². The molecule has 1 heterocycles. The van der Waals surface area contributed by atoms with Crippen LogP contribution < -0.4 is 15.4 Å². The topological polar surface area (TPSA) is 108 Å². The number of carbonyl (C=O) groups excluding carboxylic acids is 2. The number of ether oxygens (including phenoxy) is 1. The minimum atomic E-state index is -1.03. The third kappa shape index (κ3) is 6.03. The van der Waals surface area contributed by atoms with Gasteiger partial charge in [-0.3, -0.25) is 9.69 Å². The quantitative estimate of drug-likeness (QED) is 0.493.